The van der Waals surface area contributed by atoms with Crippen molar-refractivity contribution >= 4 is 34.9 Å². The molecule has 0 fully saturated rings. The van der Waals surface area contributed by atoms with Gasteiger partial charge in [0.15, 0.2) is 5.76 Å². The molecule has 0 radical (unpaired) electrons. The number of carbonyl (C=O) groups is 1. The van der Waals surface area contributed by atoms with E-state index >= 15 is 0 Å². The van der Waals surface area contributed by atoms with E-state index < -0.39 is 0 Å². The molecule has 2 N–H and O–H groups in total. The number of halogens is 2. The van der Waals surface area contributed by atoms with Crippen molar-refractivity contribution in [3.05, 3.63) is 76.3 Å². The molecule has 6 nitrogen and oxygen atoms in total. The number of pyridine rings is 1. The maximum atomic E-state index is 12.3. The van der Waals surface area contributed by atoms with Crippen LogP contribution in [0.2, 0.25) is 10.0 Å². The molecule has 8 heteroatoms. The Morgan fingerprint density at radius 2 is 1.96 bits per heavy atom. The summed E-state index contributed by atoms with van der Waals surface area (Å²) < 4.78 is 11.0. The van der Waals surface area contributed by atoms with Crippen LogP contribution in [-0.2, 0) is 6.61 Å². The van der Waals surface area contributed by atoms with E-state index in [0.29, 0.717) is 34.5 Å². The second-order valence-corrected chi connectivity index (χ2v) is 6.39. The number of ether oxygens (including phenoxy) is 1. The lowest BCUT2D eigenvalue weighted by molar-refractivity contribution is 0.0924. The molecule has 0 aliphatic rings. The highest BCUT2D eigenvalue weighted by Crippen LogP contribution is 2.22. The summed E-state index contributed by atoms with van der Waals surface area (Å²) in [5, 5.41) is 6.68. The summed E-state index contributed by atoms with van der Waals surface area (Å²) in [6.45, 7) is 1.04. The van der Waals surface area contributed by atoms with Crippen LogP contribution >= 0.6 is 23.2 Å². The van der Waals surface area contributed by atoms with Crippen molar-refractivity contribution in [3.63, 3.8) is 0 Å². The largest absolute Gasteiger partial charge is 0.489 e. The van der Waals surface area contributed by atoms with Crippen LogP contribution in [0.1, 0.15) is 16.1 Å². The first-order valence-electron chi connectivity index (χ1n) is 8.21. The summed E-state index contributed by atoms with van der Waals surface area (Å²) in [6.07, 6.45) is 2.96. The van der Waals surface area contributed by atoms with Gasteiger partial charge in [-0.05, 0) is 24.3 Å². The number of rotatable bonds is 8. The molecule has 0 spiro atoms. The number of furan rings is 1. The quantitative estimate of drug-likeness (QED) is 0.543. The Kier molecular flexibility index (Phi) is 6.57. The van der Waals surface area contributed by atoms with E-state index in [4.69, 9.17) is 32.4 Å². The third-order valence-electron chi connectivity index (χ3n) is 3.60. The van der Waals surface area contributed by atoms with E-state index in [-0.39, 0.29) is 18.3 Å². The zero-order valence-corrected chi connectivity index (χ0v) is 15.8. The molecular formula is C19H17Cl2N3O3. The molecule has 2 aromatic heterocycles. The van der Waals surface area contributed by atoms with Crippen molar-refractivity contribution in [3.8, 4) is 5.75 Å². The predicted molar refractivity (Wildman–Crippen MR) is 105 cm³/mol. The zero-order valence-electron chi connectivity index (χ0n) is 14.2. The van der Waals surface area contributed by atoms with Crippen LogP contribution in [0.4, 0.5) is 5.82 Å². The summed E-state index contributed by atoms with van der Waals surface area (Å²) in [7, 11) is 0. The number of hydrogen-bond donors (Lipinski definition) is 2. The molecule has 2 heterocycles. The number of nitrogens with one attached hydrogen (secondary N) is 2. The van der Waals surface area contributed by atoms with E-state index in [1.807, 2.05) is 30.3 Å². The molecule has 0 atom stereocenters. The first-order chi connectivity index (χ1) is 13.1. The van der Waals surface area contributed by atoms with Crippen LogP contribution in [0, 0.1) is 0 Å². The van der Waals surface area contributed by atoms with Gasteiger partial charge in [0.1, 0.15) is 18.2 Å². The average Bonchev–Trinajstić information content (AvgIpc) is 3.14. The summed E-state index contributed by atoms with van der Waals surface area (Å²) in [6, 6.07) is 12.7. The molecule has 3 aromatic rings. The van der Waals surface area contributed by atoms with E-state index in [1.165, 1.54) is 12.5 Å². The summed E-state index contributed by atoms with van der Waals surface area (Å²) in [4.78, 5) is 16.4. The lowest BCUT2D eigenvalue weighted by atomic mass is 10.2. The smallest absolute Gasteiger partial charge is 0.287 e. The summed E-state index contributed by atoms with van der Waals surface area (Å²) in [5.74, 6) is 1.14. The molecule has 0 saturated carbocycles. The third-order valence-corrected chi connectivity index (χ3v) is 4.10. The van der Waals surface area contributed by atoms with Gasteiger partial charge in [0.25, 0.3) is 5.91 Å². The number of hydrogen-bond acceptors (Lipinski definition) is 5. The van der Waals surface area contributed by atoms with Crippen molar-refractivity contribution in [1.29, 1.82) is 0 Å². The minimum atomic E-state index is -0.316. The molecule has 3 rings (SSSR count). The number of nitrogens with zero attached hydrogens (tertiary/aromatic N) is 1. The van der Waals surface area contributed by atoms with E-state index in [9.17, 15) is 4.79 Å². The SMILES string of the molecule is O=C(NCCNc1ncc(Cl)cc1Cl)c1occc1COc1ccccc1. The Balaban J connectivity index is 1.48. The molecular weight excluding hydrogens is 389 g/mol. The topological polar surface area (TPSA) is 76.4 Å². The Bertz CT molecular complexity index is 900. The first kappa shape index (κ1) is 19.1. The zero-order chi connectivity index (χ0) is 19.1. The normalized spacial score (nSPS) is 10.4. The van der Waals surface area contributed by atoms with Gasteiger partial charge in [0, 0.05) is 24.8 Å². The van der Waals surface area contributed by atoms with E-state index in [1.54, 1.807) is 12.1 Å². The number of amides is 1. The molecule has 0 aliphatic heterocycles. The molecule has 0 aliphatic carbocycles. The summed E-state index contributed by atoms with van der Waals surface area (Å²) >= 11 is 11.8. The second-order valence-electron chi connectivity index (χ2n) is 5.54. The van der Waals surface area contributed by atoms with Gasteiger partial charge in [-0.15, -0.1) is 0 Å². The molecule has 27 heavy (non-hydrogen) atoms. The standard InChI is InChI=1S/C19H17Cl2N3O3/c20-14-10-16(21)18(24-11-14)22-7-8-23-19(25)17-13(6-9-26-17)12-27-15-4-2-1-3-5-15/h1-6,9-11H,7-8,12H2,(H,22,24)(H,23,25). The van der Waals surface area contributed by atoms with Crippen molar-refractivity contribution in [2.45, 2.75) is 6.61 Å². The van der Waals surface area contributed by atoms with Crippen LogP contribution in [0.15, 0.2) is 59.3 Å². The van der Waals surface area contributed by atoms with Gasteiger partial charge in [0.05, 0.1) is 16.3 Å². The number of carbonyl (C=O) groups excluding carboxylic acids is 1. The van der Waals surface area contributed by atoms with Gasteiger partial charge in [-0.2, -0.15) is 0 Å². The molecule has 0 bridgehead atoms. The van der Waals surface area contributed by atoms with Crippen LogP contribution in [0.5, 0.6) is 5.75 Å². The van der Waals surface area contributed by atoms with Gasteiger partial charge < -0.3 is 19.8 Å². The Labute approximate surface area is 166 Å². The molecule has 0 unspecified atom stereocenters. The summed E-state index contributed by atoms with van der Waals surface area (Å²) in [5.41, 5.74) is 0.673. The minimum absolute atomic E-state index is 0.230. The number of aromatic nitrogens is 1. The van der Waals surface area contributed by atoms with Crippen molar-refractivity contribution in [1.82, 2.24) is 10.3 Å². The first-order valence-corrected chi connectivity index (χ1v) is 8.96. The highest BCUT2D eigenvalue weighted by Gasteiger charge is 2.15. The van der Waals surface area contributed by atoms with Gasteiger partial charge in [-0.3, -0.25) is 4.79 Å². The van der Waals surface area contributed by atoms with Gasteiger partial charge >= 0.3 is 0 Å². The molecule has 1 aromatic carbocycles. The lowest BCUT2D eigenvalue weighted by Crippen LogP contribution is -2.29. The van der Waals surface area contributed by atoms with Crippen molar-refractivity contribution in [2.24, 2.45) is 0 Å². The maximum absolute atomic E-state index is 12.3. The van der Waals surface area contributed by atoms with Crippen LogP contribution in [0.3, 0.4) is 0 Å². The Morgan fingerprint density at radius 3 is 2.74 bits per heavy atom. The molecule has 140 valence electrons. The molecule has 1 amide bonds. The Morgan fingerprint density at radius 1 is 1.15 bits per heavy atom. The fraction of sp³-hybridized carbons (Fsp3) is 0.158. The number of benzene rings is 1. The lowest BCUT2D eigenvalue weighted by Gasteiger charge is -2.09. The van der Waals surface area contributed by atoms with Crippen LogP contribution < -0.4 is 15.4 Å². The van der Waals surface area contributed by atoms with Gasteiger partial charge in [-0.1, -0.05) is 41.4 Å². The fourth-order valence-electron chi connectivity index (χ4n) is 2.31. The third kappa shape index (κ3) is 5.39. The van der Waals surface area contributed by atoms with Gasteiger partial charge in [0.2, 0.25) is 0 Å². The van der Waals surface area contributed by atoms with Crippen LogP contribution in [0.25, 0.3) is 0 Å². The van der Waals surface area contributed by atoms with Crippen molar-refractivity contribution < 1.29 is 13.9 Å². The highest BCUT2D eigenvalue weighted by molar-refractivity contribution is 6.35. The van der Waals surface area contributed by atoms with Crippen LogP contribution in [-0.4, -0.2) is 24.0 Å². The molecule has 0 saturated heterocycles. The van der Waals surface area contributed by atoms with Gasteiger partial charge in [-0.25, -0.2) is 4.98 Å². The van der Waals surface area contributed by atoms with E-state index in [2.05, 4.69) is 15.6 Å². The van der Waals surface area contributed by atoms with E-state index in [0.717, 1.165) is 5.75 Å². The predicted octanol–water partition coefficient (Wildman–Crippen LogP) is 4.40. The number of anilines is 1. The van der Waals surface area contributed by atoms with Crippen molar-refractivity contribution in [2.75, 3.05) is 18.4 Å². The average molecular weight is 406 g/mol. The monoisotopic (exact) mass is 405 g/mol. The second kappa shape index (κ2) is 9.30. The minimum Gasteiger partial charge on any atom is -0.489 e. The maximum Gasteiger partial charge on any atom is 0.287 e. The highest BCUT2D eigenvalue weighted by atomic mass is 35.5. The fourth-order valence-corrected chi connectivity index (χ4v) is 2.76. The Hall–Kier alpha value is -2.70. The number of para-hydroxylation sites is 1.